The number of piperidine rings is 2. The number of carbonyl (C=O) groups excluding carboxylic acids is 1. The maximum absolute atomic E-state index is 12.8. The van der Waals surface area contributed by atoms with E-state index in [9.17, 15) is 4.79 Å². The summed E-state index contributed by atoms with van der Waals surface area (Å²) in [6, 6.07) is 8.63. The fourth-order valence-electron chi connectivity index (χ4n) is 5.20. The van der Waals surface area contributed by atoms with Crippen LogP contribution < -0.4 is 15.4 Å². The maximum Gasteiger partial charge on any atom is 0.322 e. The Morgan fingerprint density at radius 3 is 2.76 bits per heavy atom. The lowest BCUT2D eigenvalue weighted by Gasteiger charge is -2.28. The van der Waals surface area contributed by atoms with E-state index < -0.39 is 0 Å². The standard InChI is InChI=1S/C28H39N7O2/c1-19(2)24-18-31-35-26(24)32-28(37-23-9-12-34(3)13-10-23)33-27(35)30-16-21-7-4-6-20(14-21)15-25(36)22-8-5-11-29-17-22/h4,6-7,14,18-19,22-23,29H,5,8-13,15-17H2,1-3H3,(H,30,32,33). The summed E-state index contributed by atoms with van der Waals surface area (Å²) >= 11 is 0. The number of hydrogen-bond acceptors (Lipinski definition) is 8. The topological polar surface area (TPSA) is 96.7 Å². The van der Waals surface area contributed by atoms with Crippen molar-refractivity contribution >= 4 is 17.4 Å². The van der Waals surface area contributed by atoms with Gasteiger partial charge >= 0.3 is 6.01 Å². The van der Waals surface area contributed by atoms with Gasteiger partial charge in [-0.3, -0.25) is 4.79 Å². The molecule has 9 nitrogen and oxygen atoms in total. The first-order valence-corrected chi connectivity index (χ1v) is 13.6. The molecule has 1 aromatic carbocycles. The minimum absolute atomic E-state index is 0.116. The van der Waals surface area contributed by atoms with E-state index in [1.54, 1.807) is 4.52 Å². The number of ether oxygens (including phenoxy) is 1. The minimum Gasteiger partial charge on any atom is -0.460 e. The number of ketones is 1. The van der Waals surface area contributed by atoms with Crippen LogP contribution in [0.4, 0.5) is 5.95 Å². The molecule has 2 aliphatic heterocycles. The van der Waals surface area contributed by atoms with Crippen molar-refractivity contribution in [2.24, 2.45) is 5.92 Å². The Morgan fingerprint density at radius 2 is 2.00 bits per heavy atom. The summed E-state index contributed by atoms with van der Waals surface area (Å²) in [7, 11) is 2.14. The van der Waals surface area contributed by atoms with Gasteiger partial charge in [0, 0.05) is 44.1 Å². The second-order valence-electron chi connectivity index (χ2n) is 10.8. The van der Waals surface area contributed by atoms with Crippen molar-refractivity contribution in [2.45, 2.75) is 64.5 Å². The molecule has 1 unspecified atom stereocenters. The molecule has 0 aliphatic carbocycles. The van der Waals surface area contributed by atoms with Crippen LogP contribution in [0.25, 0.3) is 5.65 Å². The van der Waals surface area contributed by atoms with Gasteiger partial charge in [0.1, 0.15) is 11.9 Å². The largest absolute Gasteiger partial charge is 0.460 e. The zero-order valence-electron chi connectivity index (χ0n) is 22.2. The fraction of sp³-hybridized carbons (Fsp3) is 0.571. The first kappa shape index (κ1) is 25.6. The number of rotatable bonds is 9. The van der Waals surface area contributed by atoms with Crippen molar-refractivity contribution in [1.82, 2.24) is 29.8 Å². The van der Waals surface area contributed by atoms with E-state index >= 15 is 0 Å². The number of hydrogen-bond donors (Lipinski definition) is 2. The number of anilines is 1. The summed E-state index contributed by atoms with van der Waals surface area (Å²) in [6.07, 6.45) is 6.45. The molecule has 37 heavy (non-hydrogen) atoms. The summed E-state index contributed by atoms with van der Waals surface area (Å²) in [5.74, 6) is 1.34. The van der Waals surface area contributed by atoms with Crippen LogP contribution in [0.15, 0.2) is 30.5 Å². The molecule has 2 aliphatic rings. The average Bonchev–Trinajstić information content (AvgIpc) is 3.34. The second-order valence-corrected chi connectivity index (χ2v) is 10.8. The molecule has 9 heteroatoms. The van der Waals surface area contributed by atoms with E-state index in [1.807, 2.05) is 18.3 Å². The number of likely N-dealkylation sites (tertiary alicyclic amines) is 1. The van der Waals surface area contributed by atoms with Crippen LogP contribution in [0.3, 0.4) is 0 Å². The molecule has 0 spiro atoms. The van der Waals surface area contributed by atoms with Gasteiger partial charge in [-0.05, 0) is 56.3 Å². The highest BCUT2D eigenvalue weighted by molar-refractivity contribution is 5.83. The molecular weight excluding hydrogens is 466 g/mol. The smallest absolute Gasteiger partial charge is 0.322 e. The number of nitrogens with one attached hydrogen (secondary N) is 2. The first-order valence-electron chi connectivity index (χ1n) is 13.6. The molecule has 2 fully saturated rings. The molecule has 1 atom stereocenters. The third-order valence-corrected chi connectivity index (χ3v) is 7.51. The molecule has 3 aromatic rings. The van der Waals surface area contributed by atoms with Crippen LogP contribution in [0, 0.1) is 5.92 Å². The second kappa shape index (κ2) is 11.6. The molecule has 2 N–H and O–H groups in total. The van der Waals surface area contributed by atoms with E-state index in [1.165, 1.54) is 0 Å². The minimum atomic E-state index is 0.116. The van der Waals surface area contributed by atoms with Gasteiger partial charge in [0.05, 0.1) is 6.20 Å². The monoisotopic (exact) mass is 505 g/mol. The van der Waals surface area contributed by atoms with Gasteiger partial charge in [0.2, 0.25) is 5.95 Å². The summed E-state index contributed by atoms with van der Waals surface area (Å²) in [6.45, 7) is 8.68. The number of nitrogens with zero attached hydrogens (tertiary/aromatic N) is 5. The van der Waals surface area contributed by atoms with Crippen molar-refractivity contribution < 1.29 is 9.53 Å². The van der Waals surface area contributed by atoms with E-state index in [0.717, 1.165) is 74.2 Å². The Bertz CT molecular complexity index is 1210. The number of aromatic nitrogens is 4. The molecule has 0 bridgehead atoms. The zero-order valence-corrected chi connectivity index (χ0v) is 22.2. The lowest BCUT2D eigenvalue weighted by molar-refractivity contribution is -0.122. The molecule has 2 saturated heterocycles. The average molecular weight is 506 g/mol. The fourth-order valence-corrected chi connectivity index (χ4v) is 5.20. The van der Waals surface area contributed by atoms with Gasteiger partial charge < -0.3 is 20.3 Å². The SMILES string of the molecule is CC(C)c1cnn2c(NCc3cccc(CC(=O)C4CCCNC4)c3)nc(OC3CCN(C)CC3)nc12. The van der Waals surface area contributed by atoms with Gasteiger partial charge in [0.15, 0.2) is 5.65 Å². The number of carbonyl (C=O) groups is 1. The maximum atomic E-state index is 12.8. The Kier molecular flexibility index (Phi) is 8.00. The van der Waals surface area contributed by atoms with Gasteiger partial charge in [-0.25, -0.2) is 0 Å². The van der Waals surface area contributed by atoms with E-state index in [4.69, 9.17) is 14.7 Å². The van der Waals surface area contributed by atoms with Gasteiger partial charge in [-0.1, -0.05) is 38.1 Å². The number of Topliss-reactive ketones (excluding diaryl/α,β-unsaturated/α-hetero) is 1. The summed E-state index contributed by atoms with van der Waals surface area (Å²) in [4.78, 5) is 24.6. The van der Waals surface area contributed by atoms with Crippen molar-refractivity contribution in [3.63, 3.8) is 0 Å². The highest BCUT2D eigenvalue weighted by Crippen LogP contribution is 2.25. The Balaban J connectivity index is 1.32. The Morgan fingerprint density at radius 1 is 1.19 bits per heavy atom. The molecule has 2 aromatic heterocycles. The lowest BCUT2D eigenvalue weighted by atomic mass is 9.91. The van der Waals surface area contributed by atoms with Crippen LogP contribution in [0.5, 0.6) is 6.01 Å². The molecular formula is C28H39N7O2. The molecule has 4 heterocycles. The van der Waals surface area contributed by atoms with E-state index in [0.29, 0.717) is 30.7 Å². The zero-order chi connectivity index (χ0) is 25.8. The summed E-state index contributed by atoms with van der Waals surface area (Å²) in [5.41, 5.74) is 3.98. The normalized spacial score (nSPS) is 19.4. The van der Waals surface area contributed by atoms with Crippen molar-refractivity contribution in [3.05, 3.63) is 47.2 Å². The Hall–Kier alpha value is -3.04. The van der Waals surface area contributed by atoms with Crippen LogP contribution in [-0.2, 0) is 17.8 Å². The first-order chi connectivity index (χ1) is 18.0. The predicted molar refractivity (Wildman–Crippen MR) is 144 cm³/mol. The van der Waals surface area contributed by atoms with Crippen LogP contribution >= 0.6 is 0 Å². The molecule has 0 radical (unpaired) electrons. The van der Waals surface area contributed by atoms with Gasteiger partial charge in [0.25, 0.3) is 0 Å². The van der Waals surface area contributed by atoms with Crippen LogP contribution in [-0.4, -0.2) is 69.6 Å². The number of fused-ring (bicyclic) bond motifs is 1. The molecule has 5 rings (SSSR count). The van der Waals surface area contributed by atoms with Crippen molar-refractivity contribution in [2.75, 3.05) is 38.5 Å². The third kappa shape index (κ3) is 6.27. The van der Waals surface area contributed by atoms with Gasteiger partial charge in [-0.2, -0.15) is 19.6 Å². The van der Waals surface area contributed by atoms with Crippen LogP contribution in [0.1, 0.15) is 62.1 Å². The summed E-state index contributed by atoms with van der Waals surface area (Å²) in [5, 5.41) is 11.4. The van der Waals surface area contributed by atoms with E-state index in [-0.39, 0.29) is 17.9 Å². The van der Waals surface area contributed by atoms with Crippen molar-refractivity contribution in [3.8, 4) is 6.01 Å². The Labute approximate surface area is 219 Å². The molecule has 198 valence electrons. The highest BCUT2D eigenvalue weighted by Gasteiger charge is 2.23. The predicted octanol–water partition coefficient (Wildman–Crippen LogP) is 3.44. The van der Waals surface area contributed by atoms with Crippen LogP contribution in [0.2, 0.25) is 0 Å². The number of benzene rings is 1. The summed E-state index contributed by atoms with van der Waals surface area (Å²) < 4.78 is 8.02. The van der Waals surface area contributed by atoms with Crippen molar-refractivity contribution in [1.29, 1.82) is 0 Å². The lowest BCUT2D eigenvalue weighted by Crippen LogP contribution is -2.36. The third-order valence-electron chi connectivity index (χ3n) is 7.51. The van der Waals surface area contributed by atoms with E-state index in [2.05, 4.69) is 53.7 Å². The van der Waals surface area contributed by atoms with Gasteiger partial charge in [-0.15, -0.1) is 0 Å². The molecule has 0 amide bonds. The highest BCUT2D eigenvalue weighted by atomic mass is 16.5. The molecule has 0 saturated carbocycles. The quantitative estimate of drug-likeness (QED) is 0.457.